The number of hydrogen-bond acceptors (Lipinski definition) is 2. The van der Waals surface area contributed by atoms with Crippen LogP contribution in [-0.2, 0) is 4.79 Å². The van der Waals surface area contributed by atoms with E-state index >= 15 is 0 Å². The van der Waals surface area contributed by atoms with E-state index in [9.17, 15) is 9.59 Å². The first-order valence-electron chi connectivity index (χ1n) is 5.24. The molecule has 1 aromatic rings. The lowest BCUT2D eigenvalue weighted by molar-refractivity contribution is -0.121. The molecule has 0 bridgehead atoms. The van der Waals surface area contributed by atoms with Gasteiger partial charge in [-0.3, -0.25) is 9.59 Å². The number of rotatable bonds is 1. The summed E-state index contributed by atoms with van der Waals surface area (Å²) in [6.07, 6.45) is 1.32. The van der Waals surface area contributed by atoms with Crippen LogP contribution in [0.4, 0.5) is 0 Å². The van der Waals surface area contributed by atoms with Gasteiger partial charge in [0, 0.05) is 13.0 Å². The molecule has 3 nitrogen and oxygen atoms in total. The maximum Gasteiger partial charge on any atom is 0.255 e. The lowest BCUT2D eigenvalue weighted by atomic mass is 10.1. The molecule has 1 heterocycles. The zero-order valence-corrected chi connectivity index (χ0v) is 9.54. The average molecular weight is 238 g/mol. The highest BCUT2D eigenvalue weighted by atomic mass is 35.5. The molecule has 0 spiro atoms. The standard InChI is InChI=1S/C12H12ClNO2/c13-11-6-2-1-5-10(11)12(16)14-7-3-4-9(15)8-14/h1-2,5-6H,3-4,7-8H2. The molecule has 0 aromatic heterocycles. The van der Waals surface area contributed by atoms with E-state index in [1.54, 1.807) is 29.2 Å². The van der Waals surface area contributed by atoms with Gasteiger partial charge >= 0.3 is 0 Å². The van der Waals surface area contributed by atoms with Crippen LogP contribution in [0.3, 0.4) is 0 Å². The second kappa shape index (κ2) is 4.66. The molecule has 0 unspecified atom stereocenters. The predicted octanol–water partition coefficient (Wildman–Crippen LogP) is 2.15. The molecule has 1 aromatic carbocycles. The van der Waals surface area contributed by atoms with Crippen molar-refractivity contribution in [1.29, 1.82) is 0 Å². The predicted molar refractivity (Wildman–Crippen MR) is 61.6 cm³/mol. The van der Waals surface area contributed by atoms with E-state index in [0.717, 1.165) is 6.42 Å². The molecule has 0 saturated carbocycles. The molecule has 1 aliphatic heterocycles. The van der Waals surface area contributed by atoms with E-state index < -0.39 is 0 Å². The van der Waals surface area contributed by atoms with Crippen LogP contribution < -0.4 is 0 Å². The molecule has 84 valence electrons. The van der Waals surface area contributed by atoms with Gasteiger partial charge in [0.25, 0.3) is 5.91 Å². The highest BCUT2D eigenvalue weighted by Crippen LogP contribution is 2.18. The summed E-state index contributed by atoms with van der Waals surface area (Å²) in [5.74, 6) is -0.0368. The van der Waals surface area contributed by atoms with E-state index in [-0.39, 0.29) is 18.2 Å². The van der Waals surface area contributed by atoms with Gasteiger partial charge in [0.2, 0.25) is 0 Å². The van der Waals surface area contributed by atoms with Crippen molar-refractivity contribution < 1.29 is 9.59 Å². The van der Waals surface area contributed by atoms with Crippen LogP contribution in [0, 0.1) is 0 Å². The maximum atomic E-state index is 12.1. The SMILES string of the molecule is O=C1CCCN(C(=O)c2ccccc2Cl)C1. The van der Waals surface area contributed by atoms with Gasteiger partial charge in [-0.25, -0.2) is 0 Å². The van der Waals surface area contributed by atoms with Gasteiger partial charge in [0.1, 0.15) is 0 Å². The molecular formula is C12H12ClNO2. The highest BCUT2D eigenvalue weighted by molar-refractivity contribution is 6.33. The van der Waals surface area contributed by atoms with Gasteiger partial charge in [-0.2, -0.15) is 0 Å². The Labute approximate surface area is 99.0 Å². The summed E-state index contributed by atoms with van der Waals surface area (Å²) in [6.45, 7) is 0.847. The van der Waals surface area contributed by atoms with E-state index in [1.165, 1.54) is 0 Å². The minimum absolute atomic E-state index is 0.117. The third-order valence-corrected chi connectivity index (χ3v) is 2.97. The number of halogens is 1. The van der Waals surface area contributed by atoms with Crippen LogP contribution in [0.2, 0.25) is 5.02 Å². The van der Waals surface area contributed by atoms with Crippen LogP contribution in [0.25, 0.3) is 0 Å². The molecule has 0 radical (unpaired) electrons. The fourth-order valence-corrected chi connectivity index (χ4v) is 2.03. The van der Waals surface area contributed by atoms with E-state index in [4.69, 9.17) is 11.6 Å². The third-order valence-electron chi connectivity index (χ3n) is 2.64. The largest absolute Gasteiger partial charge is 0.331 e. The van der Waals surface area contributed by atoms with Crippen molar-refractivity contribution in [2.24, 2.45) is 0 Å². The first kappa shape index (κ1) is 11.1. The lowest BCUT2D eigenvalue weighted by Gasteiger charge is -2.26. The summed E-state index contributed by atoms with van der Waals surface area (Å²) in [5, 5.41) is 0.436. The summed E-state index contributed by atoms with van der Waals surface area (Å²) in [6, 6.07) is 6.91. The molecule has 1 fully saturated rings. The second-order valence-electron chi connectivity index (χ2n) is 3.85. The molecule has 16 heavy (non-hydrogen) atoms. The Morgan fingerprint density at radius 2 is 2.06 bits per heavy atom. The topological polar surface area (TPSA) is 37.4 Å². The molecule has 1 amide bonds. The van der Waals surface area contributed by atoms with Gasteiger partial charge in [-0.1, -0.05) is 23.7 Å². The number of likely N-dealkylation sites (tertiary alicyclic amines) is 1. The summed E-state index contributed by atoms with van der Waals surface area (Å²) in [5.41, 5.74) is 0.471. The van der Waals surface area contributed by atoms with Gasteiger partial charge < -0.3 is 4.90 Å². The number of hydrogen-bond donors (Lipinski definition) is 0. The fraction of sp³-hybridized carbons (Fsp3) is 0.333. The maximum absolute atomic E-state index is 12.1. The molecule has 4 heteroatoms. The van der Waals surface area contributed by atoms with Crippen molar-refractivity contribution in [3.63, 3.8) is 0 Å². The van der Waals surface area contributed by atoms with Crippen molar-refractivity contribution in [1.82, 2.24) is 4.90 Å². The third kappa shape index (κ3) is 2.25. The number of carbonyl (C=O) groups is 2. The van der Waals surface area contributed by atoms with Gasteiger partial charge in [-0.15, -0.1) is 0 Å². The first-order valence-corrected chi connectivity index (χ1v) is 5.62. The minimum atomic E-state index is -0.154. The Hall–Kier alpha value is -1.35. The van der Waals surface area contributed by atoms with Crippen molar-refractivity contribution in [3.8, 4) is 0 Å². The number of ketones is 1. The van der Waals surface area contributed by atoms with Crippen LogP contribution in [0.1, 0.15) is 23.2 Å². The minimum Gasteiger partial charge on any atom is -0.331 e. The van der Waals surface area contributed by atoms with Crippen molar-refractivity contribution in [3.05, 3.63) is 34.9 Å². The molecule has 0 aliphatic carbocycles. The van der Waals surface area contributed by atoms with Gasteiger partial charge in [-0.05, 0) is 18.6 Å². The quantitative estimate of drug-likeness (QED) is 0.751. The highest BCUT2D eigenvalue weighted by Gasteiger charge is 2.23. The number of carbonyl (C=O) groups excluding carboxylic acids is 2. The molecule has 1 saturated heterocycles. The monoisotopic (exact) mass is 237 g/mol. The summed E-state index contributed by atoms with van der Waals surface area (Å²) < 4.78 is 0. The fourth-order valence-electron chi connectivity index (χ4n) is 1.82. The van der Waals surface area contributed by atoms with E-state index in [1.807, 2.05) is 0 Å². The molecular weight excluding hydrogens is 226 g/mol. The zero-order chi connectivity index (χ0) is 11.5. The molecule has 1 aliphatic rings. The van der Waals surface area contributed by atoms with Crippen LogP contribution in [0.15, 0.2) is 24.3 Å². The summed E-state index contributed by atoms with van der Waals surface area (Å²) in [7, 11) is 0. The van der Waals surface area contributed by atoms with Crippen LogP contribution in [0.5, 0.6) is 0 Å². The Bertz CT molecular complexity index is 431. The smallest absolute Gasteiger partial charge is 0.255 e. The van der Waals surface area contributed by atoms with Crippen molar-refractivity contribution in [2.45, 2.75) is 12.8 Å². The number of benzene rings is 1. The molecule has 0 atom stereocenters. The Morgan fingerprint density at radius 3 is 2.75 bits per heavy atom. The Morgan fingerprint density at radius 1 is 1.31 bits per heavy atom. The van der Waals surface area contributed by atoms with Crippen LogP contribution >= 0.6 is 11.6 Å². The second-order valence-corrected chi connectivity index (χ2v) is 4.26. The average Bonchev–Trinajstić information content (AvgIpc) is 2.29. The summed E-state index contributed by atoms with van der Waals surface area (Å²) in [4.78, 5) is 24.9. The lowest BCUT2D eigenvalue weighted by Crippen LogP contribution is -2.40. The van der Waals surface area contributed by atoms with Gasteiger partial charge in [0.05, 0.1) is 17.1 Å². The molecule has 0 N–H and O–H groups in total. The number of nitrogens with zero attached hydrogens (tertiary/aromatic N) is 1. The zero-order valence-electron chi connectivity index (χ0n) is 8.78. The number of Topliss-reactive ketones (excluding diaryl/α,β-unsaturated/α-hetero) is 1. The van der Waals surface area contributed by atoms with Gasteiger partial charge in [0.15, 0.2) is 5.78 Å². The van der Waals surface area contributed by atoms with Crippen LogP contribution in [-0.4, -0.2) is 29.7 Å². The van der Waals surface area contributed by atoms with E-state index in [2.05, 4.69) is 0 Å². The normalized spacial score (nSPS) is 16.3. The Balaban J connectivity index is 2.19. The first-order chi connectivity index (χ1) is 7.68. The number of amides is 1. The van der Waals surface area contributed by atoms with E-state index in [0.29, 0.717) is 23.6 Å². The number of piperidine rings is 1. The Kier molecular flexibility index (Phi) is 3.25. The van der Waals surface area contributed by atoms with Crippen molar-refractivity contribution in [2.75, 3.05) is 13.1 Å². The molecule has 2 rings (SSSR count). The van der Waals surface area contributed by atoms with Crippen molar-refractivity contribution >= 4 is 23.3 Å². The summed E-state index contributed by atoms with van der Waals surface area (Å²) >= 11 is 5.94.